The maximum Gasteiger partial charge on any atom is 0.272 e. The molecule has 0 aliphatic heterocycles. The second-order valence-electron chi connectivity index (χ2n) is 7.78. The minimum absolute atomic E-state index is 0.147. The van der Waals surface area contributed by atoms with Gasteiger partial charge < -0.3 is 15.3 Å². The van der Waals surface area contributed by atoms with Gasteiger partial charge in [0, 0.05) is 28.0 Å². The summed E-state index contributed by atoms with van der Waals surface area (Å²) in [6.07, 6.45) is 0. The minimum Gasteiger partial charge on any atom is -0.351 e. The zero-order valence-corrected chi connectivity index (χ0v) is 15.5. The molecule has 0 bridgehead atoms. The predicted octanol–water partition coefficient (Wildman–Crippen LogP) is 4.56. The van der Waals surface area contributed by atoms with Crippen molar-refractivity contribution in [2.75, 3.05) is 5.32 Å². The third-order valence-electron chi connectivity index (χ3n) is 4.68. The Labute approximate surface area is 156 Å². The Morgan fingerprint density at radius 1 is 0.926 bits per heavy atom. The number of fused-ring (bicyclic) bond motifs is 2. The molecule has 3 N–H and O–H groups in total. The van der Waals surface area contributed by atoms with E-state index in [1.54, 1.807) is 12.1 Å². The number of para-hydroxylation sites is 1. The summed E-state index contributed by atoms with van der Waals surface area (Å²) in [7, 11) is 0. The van der Waals surface area contributed by atoms with Gasteiger partial charge in [-0.3, -0.25) is 9.59 Å². The molecule has 0 saturated carbocycles. The zero-order chi connectivity index (χ0) is 19.2. The molecule has 2 heterocycles. The number of pyridine rings is 1. The molecule has 2 aromatic heterocycles. The van der Waals surface area contributed by atoms with E-state index in [0.29, 0.717) is 16.9 Å². The summed E-state index contributed by atoms with van der Waals surface area (Å²) in [5, 5.41) is 4.86. The molecule has 0 fully saturated rings. The first-order valence-corrected chi connectivity index (χ1v) is 8.88. The number of aromatic amines is 2. The van der Waals surface area contributed by atoms with Crippen LogP contribution in [-0.2, 0) is 5.41 Å². The van der Waals surface area contributed by atoms with Crippen LogP contribution in [0.2, 0.25) is 0 Å². The smallest absolute Gasteiger partial charge is 0.272 e. The molecule has 0 saturated heterocycles. The van der Waals surface area contributed by atoms with E-state index in [2.05, 4.69) is 36.1 Å². The Hall–Kier alpha value is -3.34. The van der Waals surface area contributed by atoms with Crippen LogP contribution in [0.15, 0.2) is 59.4 Å². The van der Waals surface area contributed by atoms with Gasteiger partial charge in [0.15, 0.2) is 0 Å². The van der Waals surface area contributed by atoms with E-state index in [0.717, 1.165) is 21.9 Å². The molecular weight excluding hydrogens is 338 g/mol. The standard InChI is InChI=1S/C22H21N3O2/c1-22(2,3)16-12-20(26)25-18-11-14(8-9-15(16)18)23-21(27)19-10-13-6-4-5-7-17(13)24-19/h4-12,24H,1-3H3,(H,23,27)(H,25,26). The summed E-state index contributed by atoms with van der Waals surface area (Å²) in [5.41, 5.74) is 3.44. The lowest BCUT2D eigenvalue weighted by atomic mass is 9.85. The van der Waals surface area contributed by atoms with Crippen molar-refractivity contribution >= 4 is 33.4 Å². The summed E-state index contributed by atoms with van der Waals surface area (Å²) >= 11 is 0. The van der Waals surface area contributed by atoms with Crippen LogP contribution in [0.1, 0.15) is 36.8 Å². The summed E-state index contributed by atoms with van der Waals surface area (Å²) in [6, 6.07) is 16.8. The van der Waals surface area contributed by atoms with Gasteiger partial charge in [0.25, 0.3) is 5.91 Å². The molecule has 1 amide bonds. The average Bonchev–Trinajstić information content (AvgIpc) is 3.04. The molecule has 0 aliphatic carbocycles. The number of H-pyrrole nitrogens is 2. The quantitative estimate of drug-likeness (QED) is 0.491. The molecule has 27 heavy (non-hydrogen) atoms. The molecule has 0 unspecified atom stereocenters. The Balaban J connectivity index is 1.70. The first kappa shape index (κ1) is 17.1. The van der Waals surface area contributed by atoms with Gasteiger partial charge in [0.1, 0.15) is 5.69 Å². The third-order valence-corrected chi connectivity index (χ3v) is 4.68. The van der Waals surface area contributed by atoms with E-state index < -0.39 is 0 Å². The van der Waals surface area contributed by atoms with E-state index in [1.807, 2.05) is 42.5 Å². The molecule has 0 radical (unpaired) electrons. The monoisotopic (exact) mass is 359 g/mol. The van der Waals surface area contributed by atoms with Crippen LogP contribution in [0.4, 0.5) is 5.69 Å². The topological polar surface area (TPSA) is 77.8 Å². The molecule has 5 heteroatoms. The van der Waals surface area contributed by atoms with Gasteiger partial charge in [-0.1, -0.05) is 45.0 Å². The number of anilines is 1. The highest BCUT2D eigenvalue weighted by molar-refractivity contribution is 6.06. The van der Waals surface area contributed by atoms with Crippen molar-refractivity contribution < 1.29 is 4.79 Å². The van der Waals surface area contributed by atoms with E-state index in [9.17, 15) is 9.59 Å². The Bertz CT molecular complexity index is 1190. The number of benzene rings is 2. The van der Waals surface area contributed by atoms with Crippen LogP contribution in [0.25, 0.3) is 21.8 Å². The van der Waals surface area contributed by atoms with Gasteiger partial charge in [-0.05, 0) is 35.2 Å². The molecule has 5 nitrogen and oxygen atoms in total. The van der Waals surface area contributed by atoms with Crippen molar-refractivity contribution in [3.8, 4) is 0 Å². The predicted molar refractivity (Wildman–Crippen MR) is 110 cm³/mol. The number of aromatic nitrogens is 2. The fourth-order valence-electron chi connectivity index (χ4n) is 3.35. The fraction of sp³-hybridized carbons (Fsp3) is 0.182. The number of nitrogens with one attached hydrogen (secondary N) is 3. The lowest BCUT2D eigenvalue weighted by molar-refractivity contribution is 0.102. The molecule has 0 aliphatic rings. The van der Waals surface area contributed by atoms with Crippen molar-refractivity contribution in [1.82, 2.24) is 9.97 Å². The number of hydrogen-bond donors (Lipinski definition) is 3. The minimum atomic E-state index is -0.222. The summed E-state index contributed by atoms with van der Waals surface area (Å²) < 4.78 is 0. The van der Waals surface area contributed by atoms with Crippen molar-refractivity contribution in [2.45, 2.75) is 26.2 Å². The highest BCUT2D eigenvalue weighted by atomic mass is 16.2. The maximum atomic E-state index is 12.6. The molecule has 136 valence electrons. The van der Waals surface area contributed by atoms with Gasteiger partial charge in [-0.25, -0.2) is 0 Å². The number of carbonyl (C=O) groups excluding carboxylic acids is 1. The van der Waals surface area contributed by atoms with Crippen molar-refractivity contribution in [3.05, 3.63) is 76.2 Å². The summed E-state index contributed by atoms with van der Waals surface area (Å²) in [4.78, 5) is 30.6. The molecule has 2 aromatic carbocycles. The second-order valence-corrected chi connectivity index (χ2v) is 7.78. The third kappa shape index (κ3) is 3.24. The van der Waals surface area contributed by atoms with Crippen LogP contribution >= 0.6 is 0 Å². The van der Waals surface area contributed by atoms with Crippen LogP contribution in [0.3, 0.4) is 0 Å². The van der Waals surface area contributed by atoms with Crippen molar-refractivity contribution in [1.29, 1.82) is 0 Å². The summed E-state index contributed by atoms with van der Waals surface area (Å²) in [6.45, 7) is 6.23. The number of amides is 1. The highest BCUT2D eigenvalue weighted by Crippen LogP contribution is 2.29. The Morgan fingerprint density at radius 2 is 1.70 bits per heavy atom. The van der Waals surface area contributed by atoms with Gasteiger partial charge in [-0.15, -0.1) is 0 Å². The largest absolute Gasteiger partial charge is 0.351 e. The van der Waals surface area contributed by atoms with Gasteiger partial charge in [0.05, 0.1) is 5.52 Å². The maximum absolute atomic E-state index is 12.6. The molecule has 4 rings (SSSR count). The first-order chi connectivity index (χ1) is 12.8. The second kappa shape index (κ2) is 6.13. The molecule has 0 spiro atoms. The normalized spacial score (nSPS) is 11.8. The van der Waals surface area contributed by atoms with E-state index in [1.165, 1.54) is 0 Å². The highest BCUT2D eigenvalue weighted by Gasteiger charge is 2.18. The van der Waals surface area contributed by atoms with Crippen molar-refractivity contribution in [3.63, 3.8) is 0 Å². The average molecular weight is 359 g/mol. The number of carbonyl (C=O) groups is 1. The van der Waals surface area contributed by atoms with E-state index in [-0.39, 0.29) is 16.9 Å². The van der Waals surface area contributed by atoms with Crippen LogP contribution in [0, 0.1) is 0 Å². The summed E-state index contributed by atoms with van der Waals surface area (Å²) in [5.74, 6) is -0.222. The van der Waals surface area contributed by atoms with Crippen LogP contribution < -0.4 is 10.9 Å². The lowest BCUT2D eigenvalue weighted by Crippen LogP contribution is -2.17. The van der Waals surface area contributed by atoms with Gasteiger partial charge >= 0.3 is 0 Å². The SMILES string of the molecule is CC(C)(C)c1cc(=O)[nH]c2cc(NC(=O)c3cc4ccccc4[nH]3)ccc12. The molecule has 4 aromatic rings. The molecule has 0 atom stereocenters. The fourth-order valence-corrected chi connectivity index (χ4v) is 3.35. The number of hydrogen-bond acceptors (Lipinski definition) is 2. The van der Waals surface area contributed by atoms with Gasteiger partial charge in [0.2, 0.25) is 5.56 Å². The Morgan fingerprint density at radius 3 is 2.44 bits per heavy atom. The van der Waals surface area contributed by atoms with Gasteiger partial charge in [-0.2, -0.15) is 0 Å². The zero-order valence-electron chi connectivity index (χ0n) is 15.5. The Kier molecular flexibility index (Phi) is 3.88. The van der Waals surface area contributed by atoms with Crippen molar-refractivity contribution in [2.24, 2.45) is 0 Å². The van der Waals surface area contributed by atoms with Crippen LogP contribution in [0.5, 0.6) is 0 Å². The van der Waals surface area contributed by atoms with Crippen LogP contribution in [-0.4, -0.2) is 15.9 Å². The van der Waals surface area contributed by atoms with E-state index in [4.69, 9.17) is 0 Å². The number of rotatable bonds is 2. The lowest BCUT2D eigenvalue weighted by Gasteiger charge is -2.21. The first-order valence-electron chi connectivity index (χ1n) is 8.88. The van der Waals surface area contributed by atoms with E-state index >= 15 is 0 Å². The molecular formula is C22H21N3O2.